The summed E-state index contributed by atoms with van der Waals surface area (Å²) < 4.78 is 5.39. The highest BCUT2D eigenvalue weighted by atomic mass is 16.5. The van der Waals surface area contributed by atoms with Crippen LogP contribution in [0.3, 0.4) is 0 Å². The Morgan fingerprint density at radius 3 is 2.68 bits per heavy atom. The maximum absolute atomic E-state index is 5.39. The van der Waals surface area contributed by atoms with E-state index in [1.165, 1.54) is 29.8 Å². The molecule has 0 radical (unpaired) electrons. The molecule has 19 heavy (non-hydrogen) atoms. The van der Waals surface area contributed by atoms with Crippen molar-refractivity contribution >= 4 is 0 Å². The molecule has 2 rings (SSSR count). The highest BCUT2D eigenvalue weighted by Gasteiger charge is 2.12. The van der Waals surface area contributed by atoms with Crippen molar-refractivity contribution in [2.75, 3.05) is 26.3 Å². The molecule has 0 atom stereocenters. The summed E-state index contributed by atoms with van der Waals surface area (Å²) in [5, 5.41) is 0. The van der Waals surface area contributed by atoms with Crippen molar-refractivity contribution in [3.05, 3.63) is 29.1 Å². The number of nitrogens with zero attached hydrogens (tertiary/aromatic N) is 2. The smallest absolute Gasteiger partial charge is 0.0594 e. The Hall–Kier alpha value is -0.930. The van der Waals surface area contributed by atoms with Crippen LogP contribution in [0.15, 0.2) is 12.1 Å². The first-order valence-electron chi connectivity index (χ1n) is 7.61. The van der Waals surface area contributed by atoms with Crippen molar-refractivity contribution in [3.63, 3.8) is 0 Å². The van der Waals surface area contributed by atoms with Crippen LogP contribution in [-0.4, -0.2) is 36.2 Å². The van der Waals surface area contributed by atoms with Crippen LogP contribution in [0, 0.1) is 0 Å². The average Bonchev–Trinajstić information content (AvgIpc) is 2.46. The van der Waals surface area contributed by atoms with Crippen LogP contribution in [0.2, 0.25) is 0 Å². The Kier molecular flexibility index (Phi) is 5.80. The fourth-order valence-electron chi connectivity index (χ4n) is 2.53. The Morgan fingerprint density at radius 2 is 2.00 bits per heavy atom. The van der Waals surface area contributed by atoms with Gasteiger partial charge in [0.2, 0.25) is 0 Å². The molecule has 106 valence electrons. The van der Waals surface area contributed by atoms with Crippen molar-refractivity contribution in [1.29, 1.82) is 0 Å². The molecule has 0 aromatic carbocycles. The predicted octanol–water partition coefficient (Wildman–Crippen LogP) is 2.82. The molecule has 3 heteroatoms. The van der Waals surface area contributed by atoms with Gasteiger partial charge in [-0.1, -0.05) is 26.3 Å². The molecular formula is C16H26N2O. The molecule has 0 saturated carbocycles. The van der Waals surface area contributed by atoms with Crippen LogP contribution in [0.4, 0.5) is 0 Å². The minimum Gasteiger partial charge on any atom is -0.379 e. The maximum Gasteiger partial charge on any atom is 0.0594 e. The predicted molar refractivity (Wildman–Crippen MR) is 78.3 cm³/mol. The summed E-state index contributed by atoms with van der Waals surface area (Å²) in [7, 11) is 0. The molecule has 3 nitrogen and oxygen atoms in total. The monoisotopic (exact) mass is 262 g/mol. The lowest BCUT2D eigenvalue weighted by atomic mass is 10.1. The standard InChI is InChI=1S/C16H26N2O/c1-3-5-6-16-14(4-2)7-8-15(17-16)13-18-9-11-19-12-10-18/h7-8H,3-6,9-13H2,1-2H3. The van der Waals surface area contributed by atoms with Crippen molar-refractivity contribution in [2.24, 2.45) is 0 Å². The molecule has 0 N–H and O–H groups in total. The van der Waals surface area contributed by atoms with Crippen LogP contribution >= 0.6 is 0 Å². The highest BCUT2D eigenvalue weighted by molar-refractivity contribution is 5.23. The Morgan fingerprint density at radius 1 is 1.21 bits per heavy atom. The lowest BCUT2D eigenvalue weighted by Gasteiger charge is -2.26. The SMILES string of the molecule is CCCCc1nc(CN2CCOCC2)ccc1CC. The topological polar surface area (TPSA) is 25.4 Å². The third kappa shape index (κ3) is 4.29. The number of morpholine rings is 1. The zero-order chi connectivity index (χ0) is 13.5. The number of aromatic nitrogens is 1. The van der Waals surface area contributed by atoms with Crippen LogP contribution in [0.5, 0.6) is 0 Å². The van der Waals surface area contributed by atoms with E-state index in [9.17, 15) is 0 Å². The molecule has 1 aromatic heterocycles. The fourth-order valence-corrected chi connectivity index (χ4v) is 2.53. The number of unbranched alkanes of at least 4 members (excludes halogenated alkanes) is 1. The first-order valence-corrected chi connectivity index (χ1v) is 7.61. The van der Waals surface area contributed by atoms with Gasteiger partial charge in [-0.25, -0.2) is 0 Å². The van der Waals surface area contributed by atoms with Gasteiger partial charge in [0.05, 0.1) is 18.9 Å². The summed E-state index contributed by atoms with van der Waals surface area (Å²) in [5.74, 6) is 0. The highest BCUT2D eigenvalue weighted by Crippen LogP contribution is 2.14. The first kappa shape index (κ1) is 14.5. The average molecular weight is 262 g/mol. The van der Waals surface area contributed by atoms with Gasteiger partial charge in [0, 0.05) is 25.3 Å². The van der Waals surface area contributed by atoms with Gasteiger partial charge >= 0.3 is 0 Å². The van der Waals surface area contributed by atoms with E-state index in [-0.39, 0.29) is 0 Å². The minimum absolute atomic E-state index is 0.857. The van der Waals surface area contributed by atoms with E-state index in [2.05, 4.69) is 30.9 Å². The second-order valence-electron chi connectivity index (χ2n) is 5.25. The van der Waals surface area contributed by atoms with Crippen LogP contribution in [0.25, 0.3) is 0 Å². The van der Waals surface area contributed by atoms with E-state index in [0.29, 0.717) is 0 Å². The molecule has 0 spiro atoms. The number of rotatable bonds is 6. The number of pyridine rings is 1. The molecule has 0 amide bonds. The van der Waals surface area contributed by atoms with Crippen LogP contribution in [-0.2, 0) is 24.1 Å². The Balaban J connectivity index is 2.03. The summed E-state index contributed by atoms with van der Waals surface area (Å²) in [4.78, 5) is 7.32. The molecule has 1 aliphatic rings. The third-order valence-corrected chi connectivity index (χ3v) is 3.76. The third-order valence-electron chi connectivity index (χ3n) is 3.76. The zero-order valence-electron chi connectivity index (χ0n) is 12.3. The largest absolute Gasteiger partial charge is 0.379 e. The van der Waals surface area contributed by atoms with Gasteiger partial charge in [-0.15, -0.1) is 0 Å². The Bertz CT molecular complexity index is 386. The molecule has 0 bridgehead atoms. The number of hydrogen-bond acceptors (Lipinski definition) is 3. The zero-order valence-corrected chi connectivity index (χ0v) is 12.3. The molecule has 1 saturated heterocycles. The molecule has 1 fully saturated rings. The first-order chi connectivity index (χ1) is 9.33. The quantitative estimate of drug-likeness (QED) is 0.788. The summed E-state index contributed by atoms with van der Waals surface area (Å²) in [6.07, 6.45) is 4.68. The molecule has 0 aliphatic carbocycles. The van der Waals surface area contributed by atoms with E-state index >= 15 is 0 Å². The van der Waals surface area contributed by atoms with Crippen LogP contribution < -0.4 is 0 Å². The molecule has 2 heterocycles. The Labute approximate surface area is 117 Å². The molecule has 1 aromatic rings. The summed E-state index contributed by atoms with van der Waals surface area (Å²) in [6, 6.07) is 4.47. The van der Waals surface area contributed by atoms with E-state index in [1.54, 1.807) is 0 Å². The van der Waals surface area contributed by atoms with Gasteiger partial charge in [-0.3, -0.25) is 9.88 Å². The van der Waals surface area contributed by atoms with Crippen molar-refractivity contribution in [1.82, 2.24) is 9.88 Å². The van der Waals surface area contributed by atoms with Crippen LogP contribution in [0.1, 0.15) is 43.6 Å². The fraction of sp³-hybridized carbons (Fsp3) is 0.688. The molecular weight excluding hydrogens is 236 g/mol. The van der Waals surface area contributed by atoms with Gasteiger partial charge < -0.3 is 4.74 Å². The maximum atomic E-state index is 5.39. The van der Waals surface area contributed by atoms with Gasteiger partial charge in [0.1, 0.15) is 0 Å². The normalized spacial score (nSPS) is 16.7. The lowest BCUT2D eigenvalue weighted by molar-refractivity contribution is 0.0336. The van der Waals surface area contributed by atoms with E-state index < -0.39 is 0 Å². The van der Waals surface area contributed by atoms with Gasteiger partial charge in [-0.05, 0) is 30.9 Å². The molecule has 1 aliphatic heterocycles. The lowest BCUT2D eigenvalue weighted by Crippen LogP contribution is -2.35. The number of hydrogen-bond donors (Lipinski definition) is 0. The van der Waals surface area contributed by atoms with Crippen molar-refractivity contribution < 1.29 is 4.74 Å². The van der Waals surface area contributed by atoms with Gasteiger partial charge in [0.25, 0.3) is 0 Å². The number of aryl methyl sites for hydroxylation is 2. The summed E-state index contributed by atoms with van der Waals surface area (Å²) in [5.41, 5.74) is 3.94. The van der Waals surface area contributed by atoms with Crippen molar-refractivity contribution in [3.8, 4) is 0 Å². The van der Waals surface area contributed by atoms with E-state index in [0.717, 1.165) is 45.7 Å². The van der Waals surface area contributed by atoms with E-state index in [4.69, 9.17) is 9.72 Å². The van der Waals surface area contributed by atoms with Crippen molar-refractivity contribution in [2.45, 2.75) is 46.1 Å². The van der Waals surface area contributed by atoms with E-state index in [1.807, 2.05) is 0 Å². The number of ether oxygens (including phenoxy) is 1. The summed E-state index contributed by atoms with van der Waals surface area (Å²) >= 11 is 0. The summed E-state index contributed by atoms with van der Waals surface area (Å²) in [6.45, 7) is 9.19. The van der Waals surface area contributed by atoms with Gasteiger partial charge in [-0.2, -0.15) is 0 Å². The second kappa shape index (κ2) is 7.61. The minimum atomic E-state index is 0.857. The van der Waals surface area contributed by atoms with Gasteiger partial charge in [0.15, 0.2) is 0 Å². The second-order valence-corrected chi connectivity index (χ2v) is 5.25. The molecule has 0 unspecified atom stereocenters.